The van der Waals surface area contributed by atoms with Gasteiger partial charge in [-0.05, 0) is 18.6 Å². The second-order valence-electron chi connectivity index (χ2n) is 5.11. The van der Waals surface area contributed by atoms with Gasteiger partial charge in [-0.25, -0.2) is 4.39 Å². The molecular weight excluding hydrogens is 284 g/mol. The Morgan fingerprint density at radius 2 is 1.67 bits per heavy atom. The third-order valence-corrected chi connectivity index (χ3v) is 3.36. The average Bonchev–Trinajstić information content (AvgIpc) is 2.41. The van der Waals surface area contributed by atoms with Crippen molar-refractivity contribution in [1.29, 1.82) is 0 Å². The first kappa shape index (κ1) is 17.7. The summed E-state index contributed by atoms with van der Waals surface area (Å²) in [4.78, 5) is 11.8. The Morgan fingerprint density at radius 3 is 2.29 bits per heavy atom. The molecule has 0 aliphatic carbocycles. The molecule has 0 heterocycles. The first-order valence-corrected chi connectivity index (χ1v) is 7.26. The fourth-order valence-electron chi connectivity index (χ4n) is 2.17. The van der Waals surface area contributed by atoms with Gasteiger partial charge in [0.05, 0.1) is 11.1 Å². The van der Waals surface area contributed by atoms with Gasteiger partial charge in [-0.3, -0.25) is 4.79 Å². The van der Waals surface area contributed by atoms with E-state index in [0.29, 0.717) is 12.5 Å². The molecule has 0 unspecified atom stereocenters. The summed E-state index contributed by atoms with van der Waals surface area (Å²) in [5, 5.41) is 0. The molecular formula is C16H20F4O. The summed E-state index contributed by atoms with van der Waals surface area (Å²) in [6, 6.07) is 2.83. The van der Waals surface area contributed by atoms with Crippen LogP contribution in [0.15, 0.2) is 18.2 Å². The molecule has 0 amide bonds. The van der Waals surface area contributed by atoms with E-state index in [0.717, 1.165) is 44.2 Å². The van der Waals surface area contributed by atoms with Crippen molar-refractivity contribution in [3.63, 3.8) is 0 Å². The van der Waals surface area contributed by atoms with Crippen molar-refractivity contribution < 1.29 is 22.4 Å². The minimum Gasteiger partial charge on any atom is -0.294 e. The molecule has 0 spiro atoms. The molecule has 1 nitrogen and oxygen atoms in total. The van der Waals surface area contributed by atoms with Crippen LogP contribution in [0.5, 0.6) is 0 Å². The molecule has 118 valence electrons. The van der Waals surface area contributed by atoms with Crippen LogP contribution in [0.25, 0.3) is 0 Å². The van der Waals surface area contributed by atoms with Gasteiger partial charge in [0.25, 0.3) is 0 Å². The molecule has 0 bridgehead atoms. The number of Topliss-reactive ketones (excluding diaryl/α,β-unsaturated/α-hetero) is 1. The van der Waals surface area contributed by atoms with E-state index in [1.165, 1.54) is 0 Å². The summed E-state index contributed by atoms with van der Waals surface area (Å²) in [5.74, 6) is -2.02. The largest absolute Gasteiger partial charge is 0.419 e. The van der Waals surface area contributed by atoms with E-state index in [1.807, 2.05) is 0 Å². The number of benzene rings is 1. The molecule has 0 saturated heterocycles. The fourth-order valence-corrected chi connectivity index (χ4v) is 2.17. The lowest BCUT2D eigenvalue weighted by molar-refractivity contribution is -0.140. The maximum absolute atomic E-state index is 13.8. The van der Waals surface area contributed by atoms with Gasteiger partial charge < -0.3 is 0 Å². The number of halogens is 4. The number of carbonyl (C=O) groups is 1. The van der Waals surface area contributed by atoms with Crippen LogP contribution in [0.3, 0.4) is 0 Å². The third kappa shape index (κ3) is 5.48. The maximum atomic E-state index is 13.8. The second kappa shape index (κ2) is 8.15. The first-order valence-electron chi connectivity index (χ1n) is 7.26. The van der Waals surface area contributed by atoms with Crippen molar-refractivity contribution in [2.45, 2.75) is 58.0 Å². The molecule has 5 heteroatoms. The zero-order valence-electron chi connectivity index (χ0n) is 12.1. The number of carbonyl (C=O) groups excluding carboxylic acids is 1. The van der Waals surface area contributed by atoms with E-state index < -0.39 is 28.9 Å². The van der Waals surface area contributed by atoms with E-state index in [2.05, 4.69) is 6.92 Å². The molecule has 0 saturated carbocycles. The smallest absolute Gasteiger partial charge is 0.294 e. The Bertz CT molecular complexity index is 466. The number of rotatable bonds is 8. The van der Waals surface area contributed by atoms with Gasteiger partial charge in [-0.1, -0.05) is 45.1 Å². The van der Waals surface area contributed by atoms with Crippen LogP contribution < -0.4 is 0 Å². The highest BCUT2D eigenvalue weighted by Crippen LogP contribution is 2.32. The van der Waals surface area contributed by atoms with Crippen molar-refractivity contribution in [2.24, 2.45) is 0 Å². The number of ketones is 1. The Balaban J connectivity index is 2.59. The Hall–Kier alpha value is -1.39. The topological polar surface area (TPSA) is 17.1 Å². The lowest BCUT2D eigenvalue weighted by Crippen LogP contribution is -2.12. The minimum absolute atomic E-state index is 0.0877. The van der Waals surface area contributed by atoms with E-state index in [4.69, 9.17) is 0 Å². The molecule has 1 rings (SSSR count). The fraction of sp³-hybridized carbons (Fsp3) is 0.562. The molecule has 0 atom stereocenters. The number of alkyl halides is 3. The summed E-state index contributed by atoms with van der Waals surface area (Å²) in [6.07, 6.45) is 1.06. The van der Waals surface area contributed by atoms with Crippen LogP contribution in [-0.4, -0.2) is 5.78 Å². The molecule has 0 N–H and O–H groups in total. The Labute approximate surface area is 122 Å². The summed E-state index contributed by atoms with van der Waals surface area (Å²) < 4.78 is 51.5. The van der Waals surface area contributed by atoms with Gasteiger partial charge >= 0.3 is 6.18 Å². The summed E-state index contributed by atoms with van der Waals surface area (Å²) in [6.45, 7) is 2.10. The monoisotopic (exact) mass is 304 g/mol. The number of hydrogen-bond donors (Lipinski definition) is 0. The van der Waals surface area contributed by atoms with Gasteiger partial charge in [0, 0.05) is 6.42 Å². The molecule has 0 aromatic heterocycles. The quantitative estimate of drug-likeness (QED) is 0.338. The second-order valence-corrected chi connectivity index (χ2v) is 5.11. The highest BCUT2D eigenvalue weighted by molar-refractivity contribution is 5.96. The first-order chi connectivity index (χ1) is 9.88. The van der Waals surface area contributed by atoms with Gasteiger partial charge in [0.1, 0.15) is 5.82 Å². The van der Waals surface area contributed by atoms with Crippen molar-refractivity contribution in [3.8, 4) is 0 Å². The lowest BCUT2D eigenvalue weighted by Gasteiger charge is -2.10. The van der Waals surface area contributed by atoms with Gasteiger partial charge in [-0.2, -0.15) is 13.2 Å². The molecule has 0 fully saturated rings. The van der Waals surface area contributed by atoms with Crippen molar-refractivity contribution >= 4 is 5.78 Å². The predicted molar refractivity (Wildman–Crippen MR) is 73.7 cm³/mol. The summed E-state index contributed by atoms with van der Waals surface area (Å²) in [7, 11) is 0. The van der Waals surface area contributed by atoms with Crippen LogP contribution in [0.4, 0.5) is 17.6 Å². The van der Waals surface area contributed by atoms with Crippen molar-refractivity contribution in [2.75, 3.05) is 0 Å². The molecule has 1 aromatic carbocycles. The molecule has 0 aliphatic rings. The predicted octanol–water partition coefficient (Wildman–Crippen LogP) is 5.78. The van der Waals surface area contributed by atoms with E-state index in [9.17, 15) is 22.4 Å². The normalized spacial score (nSPS) is 11.7. The van der Waals surface area contributed by atoms with Crippen molar-refractivity contribution in [3.05, 3.63) is 35.1 Å². The average molecular weight is 304 g/mol. The van der Waals surface area contributed by atoms with Crippen LogP contribution in [-0.2, 0) is 6.18 Å². The van der Waals surface area contributed by atoms with Crippen LogP contribution in [0, 0.1) is 5.82 Å². The zero-order valence-corrected chi connectivity index (χ0v) is 12.1. The van der Waals surface area contributed by atoms with E-state index in [1.54, 1.807) is 0 Å². The van der Waals surface area contributed by atoms with Gasteiger partial charge in [0.15, 0.2) is 5.78 Å². The molecule has 0 aliphatic heterocycles. The highest BCUT2D eigenvalue weighted by Gasteiger charge is 2.35. The van der Waals surface area contributed by atoms with Gasteiger partial charge in [0.2, 0.25) is 0 Å². The summed E-state index contributed by atoms with van der Waals surface area (Å²) >= 11 is 0. The van der Waals surface area contributed by atoms with Crippen LogP contribution >= 0.6 is 0 Å². The van der Waals surface area contributed by atoms with Gasteiger partial charge in [-0.15, -0.1) is 0 Å². The molecule has 0 radical (unpaired) electrons. The van der Waals surface area contributed by atoms with E-state index in [-0.39, 0.29) is 6.42 Å². The van der Waals surface area contributed by atoms with E-state index >= 15 is 0 Å². The highest BCUT2D eigenvalue weighted by atomic mass is 19.4. The Kier molecular flexibility index (Phi) is 6.85. The maximum Gasteiger partial charge on any atom is 0.419 e. The minimum atomic E-state index is -4.78. The molecule has 21 heavy (non-hydrogen) atoms. The van der Waals surface area contributed by atoms with Crippen LogP contribution in [0.2, 0.25) is 0 Å². The molecule has 1 aromatic rings. The third-order valence-electron chi connectivity index (χ3n) is 3.36. The van der Waals surface area contributed by atoms with Crippen molar-refractivity contribution in [1.82, 2.24) is 0 Å². The summed E-state index contributed by atoms with van der Waals surface area (Å²) in [5.41, 5.74) is -1.84. The zero-order chi connectivity index (χ0) is 15.9. The standard InChI is InChI=1S/C16H20F4O/c1-2-3-4-5-6-7-11-14(21)12-9-8-10-13(15(12)17)16(18,19)20/h8-10H,2-7,11H2,1H3. The lowest BCUT2D eigenvalue weighted by atomic mass is 10.0. The van der Waals surface area contributed by atoms with Crippen LogP contribution in [0.1, 0.15) is 67.8 Å². The SMILES string of the molecule is CCCCCCCCC(=O)c1cccc(C(F)(F)F)c1F. The number of unbranched alkanes of at least 4 members (excludes halogenated alkanes) is 5. The Morgan fingerprint density at radius 1 is 1.05 bits per heavy atom. The number of hydrogen-bond acceptors (Lipinski definition) is 1.